The van der Waals surface area contributed by atoms with E-state index in [-0.39, 0.29) is 11.3 Å². The highest BCUT2D eigenvalue weighted by molar-refractivity contribution is 7.87. The van der Waals surface area contributed by atoms with Crippen molar-refractivity contribution in [2.75, 3.05) is 5.73 Å². The van der Waals surface area contributed by atoms with E-state index in [2.05, 4.69) is 4.18 Å². The second-order valence-corrected chi connectivity index (χ2v) is 5.28. The summed E-state index contributed by atoms with van der Waals surface area (Å²) in [7, 11) is -5.80. The molecule has 1 aromatic rings. The molecule has 1 aromatic carbocycles. The SMILES string of the molecule is N/C(=C\c1ccc(Cl)cc1N)OS(=O)(=O)C(F)(F)F. The third-order valence-corrected chi connectivity index (χ3v) is 3.05. The van der Waals surface area contributed by atoms with Crippen molar-refractivity contribution in [1.82, 2.24) is 0 Å². The monoisotopic (exact) mass is 316 g/mol. The van der Waals surface area contributed by atoms with Crippen LogP contribution in [0.4, 0.5) is 18.9 Å². The van der Waals surface area contributed by atoms with Gasteiger partial charge in [0.15, 0.2) is 0 Å². The van der Waals surface area contributed by atoms with Crippen LogP contribution in [0.25, 0.3) is 6.08 Å². The fraction of sp³-hybridized carbons (Fsp3) is 0.111. The van der Waals surface area contributed by atoms with Crippen LogP contribution in [0.3, 0.4) is 0 Å². The number of benzene rings is 1. The van der Waals surface area contributed by atoms with Gasteiger partial charge in [-0.3, -0.25) is 0 Å². The molecule has 0 aliphatic carbocycles. The van der Waals surface area contributed by atoms with Crippen LogP contribution >= 0.6 is 11.6 Å². The number of nitrogens with two attached hydrogens (primary N) is 2. The molecule has 106 valence electrons. The lowest BCUT2D eigenvalue weighted by Crippen LogP contribution is -2.26. The van der Waals surface area contributed by atoms with E-state index >= 15 is 0 Å². The van der Waals surface area contributed by atoms with Crippen molar-refractivity contribution in [1.29, 1.82) is 0 Å². The molecule has 0 aliphatic rings. The Morgan fingerprint density at radius 3 is 2.42 bits per heavy atom. The summed E-state index contributed by atoms with van der Waals surface area (Å²) < 4.78 is 61.1. The molecule has 10 heteroatoms. The molecule has 0 spiro atoms. The Bertz CT molecular complexity index is 614. The Kier molecular flexibility index (Phi) is 4.21. The normalized spacial score (nSPS) is 13.4. The summed E-state index contributed by atoms with van der Waals surface area (Å²) in [4.78, 5) is 0. The molecule has 0 radical (unpaired) electrons. The summed E-state index contributed by atoms with van der Waals surface area (Å²) in [6, 6.07) is 4.06. The Labute approximate surface area is 111 Å². The summed E-state index contributed by atoms with van der Waals surface area (Å²) in [5.41, 5.74) is 5.28. The molecule has 0 saturated heterocycles. The maximum absolute atomic E-state index is 12.0. The third-order valence-electron chi connectivity index (χ3n) is 1.84. The fourth-order valence-electron chi connectivity index (χ4n) is 1.03. The number of anilines is 1. The third kappa shape index (κ3) is 3.93. The minimum absolute atomic E-state index is 0.100. The zero-order valence-electron chi connectivity index (χ0n) is 9.11. The number of rotatable bonds is 3. The number of halogens is 4. The second-order valence-electron chi connectivity index (χ2n) is 3.30. The minimum atomic E-state index is -5.80. The molecular weight excluding hydrogens is 309 g/mol. The molecule has 19 heavy (non-hydrogen) atoms. The van der Waals surface area contributed by atoms with Crippen LogP contribution in [0.1, 0.15) is 5.56 Å². The van der Waals surface area contributed by atoms with Crippen LogP contribution in [0.5, 0.6) is 0 Å². The van der Waals surface area contributed by atoms with Gasteiger partial charge in [0.1, 0.15) is 0 Å². The molecule has 0 amide bonds. The van der Waals surface area contributed by atoms with Gasteiger partial charge >= 0.3 is 15.6 Å². The van der Waals surface area contributed by atoms with Gasteiger partial charge in [-0.15, -0.1) is 0 Å². The van der Waals surface area contributed by atoms with Gasteiger partial charge in [-0.05, 0) is 12.1 Å². The summed E-state index contributed by atoms with van der Waals surface area (Å²) in [5.74, 6) is -0.966. The van der Waals surface area contributed by atoms with Gasteiger partial charge in [0.2, 0.25) is 5.88 Å². The van der Waals surface area contributed by atoms with Crippen LogP contribution in [-0.2, 0) is 14.3 Å². The van der Waals surface area contributed by atoms with Crippen molar-refractivity contribution in [2.45, 2.75) is 5.51 Å². The van der Waals surface area contributed by atoms with Crippen molar-refractivity contribution in [3.63, 3.8) is 0 Å². The van der Waals surface area contributed by atoms with Crippen molar-refractivity contribution in [3.8, 4) is 0 Å². The Morgan fingerprint density at radius 2 is 1.95 bits per heavy atom. The van der Waals surface area contributed by atoms with Crippen molar-refractivity contribution in [2.24, 2.45) is 5.73 Å². The van der Waals surface area contributed by atoms with Gasteiger partial charge in [-0.2, -0.15) is 21.6 Å². The smallest absolute Gasteiger partial charge is 0.398 e. The van der Waals surface area contributed by atoms with E-state index in [0.29, 0.717) is 5.02 Å². The van der Waals surface area contributed by atoms with Crippen molar-refractivity contribution >= 4 is 33.5 Å². The van der Waals surface area contributed by atoms with Gasteiger partial charge in [0.05, 0.1) is 0 Å². The van der Waals surface area contributed by atoms with Gasteiger partial charge in [-0.1, -0.05) is 17.7 Å². The van der Waals surface area contributed by atoms with E-state index in [1.807, 2.05) is 0 Å². The standard InChI is InChI=1S/C9H8ClF3N2O3S/c10-6-2-1-5(7(14)4-6)3-8(15)18-19(16,17)9(11,12)13/h1-4H,14-15H2/b8-3+. The molecule has 5 nitrogen and oxygen atoms in total. The lowest BCUT2D eigenvalue weighted by atomic mass is 10.2. The van der Waals surface area contributed by atoms with E-state index in [9.17, 15) is 21.6 Å². The predicted octanol–water partition coefficient (Wildman–Crippen LogP) is 2.05. The van der Waals surface area contributed by atoms with E-state index in [1.165, 1.54) is 18.2 Å². The Balaban J connectivity index is 3.02. The quantitative estimate of drug-likeness (QED) is 0.385. The molecule has 0 fully saturated rings. The molecule has 0 saturated carbocycles. The van der Waals surface area contributed by atoms with Gasteiger partial charge < -0.3 is 15.7 Å². The highest BCUT2D eigenvalue weighted by Crippen LogP contribution is 2.26. The van der Waals surface area contributed by atoms with Crippen LogP contribution in [0.2, 0.25) is 5.02 Å². The highest BCUT2D eigenvalue weighted by atomic mass is 35.5. The first kappa shape index (κ1) is 15.4. The first-order valence-electron chi connectivity index (χ1n) is 4.56. The van der Waals surface area contributed by atoms with E-state index in [4.69, 9.17) is 23.1 Å². The minimum Gasteiger partial charge on any atom is -0.398 e. The summed E-state index contributed by atoms with van der Waals surface area (Å²) >= 11 is 5.61. The largest absolute Gasteiger partial charge is 0.534 e. The highest BCUT2D eigenvalue weighted by Gasteiger charge is 2.48. The average molecular weight is 317 g/mol. The zero-order chi connectivity index (χ0) is 14.8. The molecular formula is C9H8ClF3N2O3S. The van der Waals surface area contributed by atoms with Crippen LogP contribution in [-0.4, -0.2) is 13.9 Å². The first-order valence-corrected chi connectivity index (χ1v) is 6.34. The topological polar surface area (TPSA) is 95.4 Å². The number of alkyl halides is 3. The second kappa shape index (κ2) is 5.17. The van der Waals surface area contributed by atoms with Gasteiger partial charge in [0, 0.05) is 22.3 Å². The van der Waals surface area contributed by atoms with Crippen molar-refractivity contribution in [3.05, 3.63) is 34.7 Å². The van der Waals surface area contributed by atoms with Gasteiger partial charge in [0.25, 0.3) is 0 Å². The first-order chi connectivity index (χ1) is 8.53. The fourth-order valence-corrected chi connectivity index (χ4v) is 1.60. The molecule has 0 aliphatic heterocycles. The van der Waals surface area contributed by atoms with Crippen molar-refractivity contribution < 1.29 is 25.8 Å². The molecule has 0 aromatic heterocycles. The molecule has 0 unspecified atom stereocenters. The number of nitrogen functional groups attached to an aromatic ring is 1. The summed E-state index contributed by atoms with van der Waals surface area (Å²) in [6.07, 6.45) is 0.842. The lowest BCUT2D eigenvalue weighted by molar-refractivity contribution is -0.0521. The molecule has 0 bridgehead atoms. The van der Waals surface area contributed by atoms with Crippen LogP contribution in [0, 0.1) is 0 Å². The van der Waals surface area contributed by atoms with E-state index in [1.54, 1.807) is 0 Å². The average Bonchev–Trinajstić information content (AvgIpc) is 2.19. The number of hydrogen-bond acceptors (Lipinski definition) is 5. The maximum Gasteiger partial charge on any atom is 0.534 e. The Morgan fingerprint density at radius 1 is 1.37 bits per heavy atom. The zero-order valence-corrected chi connectivity index (χ0v) is 10.7. The molecule has 0 heterocycles. The Hall–Kier alpha value is -1.61. The molecule has 1 rings (SSSR count). The van der Waals surface area contributed by atoms with E-state index in [0.717, 1.165) is 6.08 Å². The van der Waals surface area contributed by atoms with Crippen LogP contribution in [0.15, 0.2) is 24.1 Å². The maximum atomic E-state index is 12.0. The molecule has 0 atom stereocenters. The van der Waals surface area contributed by atoms with Crippen LogP contribution < -0.4 is 11.5 Å². The summed E-state index contributed by atoms with van der Waals surface area (Å²) in [5, 5.41) is 0.303. The van der Waals surface area contributed by atoms with Gasteiger partial charge in [-0.25, -0.2) is 0 Å². The number of hydrogen-bond donors (Lipinski definition) is 2. The molecule has 4 N–H and O–H groups in total. The predicted molar refractivity (Wildman–Crippen MR) is 64.1 cm³/mol. The lowest BCUT2D eigenvalue weighted by Gasteiger charge is -2.09. The van der Waals surface area contributed by atoms with E-state index < -0.39 is 21.5 Å². The summed E-state index contributed by atoms with van der Waals surface area (Å²) in [6.45, 7) is 0.